The van der Waals surface area contributed by atoms with Crippen molar-refractivity contribution in [1.82, 2.24) is 14.9 Å². The summed E-state index contributed by atoms with van der Waals surface area (Å²) >= 11 is 0. The van der Waals surface area contributed by atoms with Gasteiger partial charge in [0.05, 0.1) is 13.3 Å². The average molecular weight is 425 g/mol. The summed E-state index contributed by atoms with van der Waals surface area (Å²) in [7, 11) is 1.60. The number of halogens is 2. The lowest BCUT2D eigenvalue weighted by Gasteiger charge is -2.11. The van der Waals surface area contributed by atoms with Gasteiger partial charge in [0.15, 0.2) is 17.3 Å². The zero-order chi connectivity index (χ0) is 18.4. The number of nitrogens with zero attached hydrogens (tertiary/aromatic N) is 4. The first-order valence-corrected chi connectivity index (χ1v) is 7.98. The zero-order valence-electron chi connectivity index (χ0n) is 15.4. The van der Waals surface area contributed by atoms with Gasteiger partial charge in [-0.05, 0) is 36.2 Å². The minimum Gasteiger partial charge on any atom is -0.493 e. The molecule has 8 nitrogen and oxygen atoms in total. The van der Waals surface area contributed by atoms with Crippen molar-refractivity contribution in [1.29, 1.82) is 0 Å². The molecule has 0 amide bonds. The Hall–Kier alpha value is -2.97. The van der Waals surface area contributed by atoms with Gasteiger partial charge in [-0.3, -0.25) is 0 Å². The quantitative estimate of drug-likeness (QED) is 0.343. The third kappa shape index (κ3) is 5.77. The number of nitrogens with two attached hydrogens (primary N) is 1. The lowest BCUT2D eigenvalue weighted by Crippen LogP contribution is -2.13. The van der Waals surface area contributed by atoms with Crippen LogP contribution >= 0.6 is 24.8 Å². The minimum absolute atomic E-state index is 0. The Labute approximate surface area is 175 Å². The fraction of sp³-hybridized carbons (Fsp3) is 0.167. The molecule has 0 fully saturated rings. The van der Waals surface area contributed by atoms with Crippen molar-refractivity contribution < 1.29 is 9.47 Å². The van der Waals surface area contributed by atoms with Crippen LogP contribution in [0.3, 0.4) is 0 Å². The van der Waals surface area contributed by atoms with Crippen LogP contribution in [0.4, 0.5) is 5.95 Å². The Bertz CT molecular complexity index is 902. The van der Waals surface area contributed by atoms with Crippen LogP contribution in [0.15, 0.2) is 53.6 Å². The Kier molecular flexibility index (Phi) is 9.07. The molecule has 3 rings (SSSR count). The molecule has 10 heteroatoms. The van der Waals surface area contributed by atoms with E-state index in [2.05, 4.69) is 20.7 Å². The molecule has 0 spiro atoms. The monoisotopic (exact) mass is 424 g/mol. The van der Waals surface area contributed by atoms with Crippen LogP contribution in [0.5, 0.6) is 11.5 Å². The molecule has 0 unspecified atom stereocenters. The van der Waals surface area contributed by atoms with Gasteiger partial charge in [0.25, 0.3) is 5.95 Å². The van der Waals surface area contributed by atoms with Crippen LogP contribution in [0, 0.1) is 6.92 Å². The number of anilines is 1. The molecule has 28 heavy (non-hydrogen) atoms. The summed E-state index contributed by atoms with van der Waals surface area (Å²) in [6.45, 7) is 2.22. The number of methoxy groups -OCH3 is 1. The molecule has 2 aromatic carbocycles. The highest BCUT2D eigenvalue weighted by Crippen LogP contribution is 2.28. The van der Waals surface area contributed by atoms with E-state index in [9.17, 15) is 0 Å². The van der Waals surface area contributed by atoms with Crippen LogP contribution in [0.25, 0.3) is 0 Å². The van der Waals surface area contributed by atoms with E-state index in [1.807, 2.05) is 48.5 Å². The van der Waals surface area contributed by atoms with Gasteiger partial charge in [0.2, 0.25) is 0 Å². The summed E-state index contributed by atoms with van der Waals surface area (Å²) in [6.07, 6.45) is 1.63. The van der Waals surface area contributed by atoms with E-state index in [1.54, 1.807) is 20.2 Å². The highest BCUT2D eigenvalue weighted by atomic mass is 35.5. The van der Waals surface area contributed by atoms with Gasteiger partial charge in [-0.2, -0.15) is 5.10 Å². The predicted molar refractivity (Wildman–Crippen MR) is 114 cm³/mol. The lowest BCUT2D eigenvalue weighted by molar-refractivity contribution is 0.284. The molecule has 0 bridgehead atoms. The van der Waals surface area contributed by atoms with E-state index in [0.717, 1.165) is 11.1 Å². The average Bonchev–Trinajstić information content (AvgIpc) is 3.00. The maximum atomic E-state index is 5.84. The summed E-state index contributed by atoms with van der Waals surface area (Å²) in [6, 6.07) is 15.5. The van der Waals surface area contributed by atoms with Crippen molar-refractivity contribution in [2.45, 2.75) is 13.5 Å². The first-order valence-electron chi connectivity index (χ1n) is 7.98. The molecule has 0 saturated heterocycles. The second-order valence-corrected chi connectivity index (χ2v) is 5.50. The molecule has 150 valence electrons. The normalized spacial score (nSPS) is 10.1. The predicted octanol–water partition coefficient (Wildman–Crippen LogP) is 3.18. The molecule has 1 aromatic heterocycles. The second-order valence-electron chi connectivity index (χ2n) is 5.50. The molecule has 1 heterocycles. The summed E-state index contributed by atoms with van der Waals surface area (Å²) < 4.78 is 12.6. The van der Waals surface area contributed by atoms with Crippen LogP contribution in [-0.4, -0.2) is 28.2 Å². The molecular weight excluding hydrogens is 403 g/mol. The van der Waals surface area contributed by atoms with Crippen molar-refractivity contribution in [3.63, 3.8) is 0 Å². The summed E-state index contributed by atoms with van der Waals surface area (Å²) in [5, 5.41) is 11.8. The molecule has 0 saturated carbocycles. The van der Waals surface area contributed by atoms with Gasteiger partial charge in [0.1, 0.15) is 6.61 Å². The van der Waals surface area contributed by atoms with E-state index in [4.69, 9.17) is 15.3 Å². The van der Waals surface area contributed by atoms with Gasteiger partial charge in [0, 0.05) is 0 Å². The van der Waals surface area contributed by atoms with Crippen molar-refractivity contribution in [2.75, 3.05) is 18.4 Å². The molecule has 0 atom stereocenters. The number of ether oxygens (including phenoxy) is 2. The van der Waals surface area contributed by atoms with E-state index in [1.165, 1.54) is 4.68 Å². The van der Waals surface area contributed by atoms with Crippen LogP contribution in [0.2, 0.25) is 0 Å². The highest BCUT2D eigenvalue weighted by molar-refractivity contribution is 5.85. The Morgan fingerprint density at radius 3 is 2.50 bits per heavy atom. The molecule has 0 aliphatic heterocycles. The van der Waals surface area contributed by atoms with E-state index in [0.29, 0.717) is 29.9 Å². The number of aromatic nitrogens is 3. The van der Waals surface area contributed by atoms with E-state index < -0.39 is 0 Å². The summed E-state index contributed by atoms with van der Waals surface area (Å²) in [5.41, 5.74) is 4.67. The molecule has 3 N–H and O–H groups in total. The number of hydrogen-bond acceptors (Lipinski definition) is 7. The number of hydrogen-bond donors (Lipinski definition) is 2. The Balaban J connectivity index is 0.00000196. The van der Waals surface area contributed by atoms with Gasteiger partial charge >= 0.3 is 0 Å². The third-order valence-electron chi connectivity index (χ3n) is 3.67. The smallest absolute Gasteiger partial charge is 0.263 e. The van der Waals surface area contributed by atoms with E-state index in [-0.39, 0.29) is 24.8 Å². The van der Waals surface area contributed by atoms with E-state index >= 15 is 0 Å². The number of hydrazone groups is 1. The first kappa shape index (κ1) is 23.1. The van der Waals surface area contributed by atoms with Crippen LogP contribution in [0.1, 0.15) is 17.0 Å². The summed E-state index contributed by atoms with van der Waals surface area (Å²) in [5.74, 6) is 7.98. The fourth-order valence-electron chi connectivity index (χ4n) is 2.23. The highest BCUT2D eigenvalue weighted by Gasteiger charge is 2.06. The number of rotatable bonds is 7. The van der Waals surface area contributed by atoms with Crippen molar-refractivity contribution >= 4 is 37.0 Å². The van der Waals surface area contributed by atoms with Gasteiger partial charge in [-0.15, -0.1) is 35.0 Å². The lowest BCUT2D eigenvalue weighted by atomic mass is 10.2. The topological polar surface area (TPSA) is 99.6 Å². The van der Waals surface area contributed by atoms with Gasteiger partial charge in [-0.1, -0.05) is 30.3 Å². The molecule has 0 aliphatic rings. The number of benzene rings is 2. The van der Waals surface area contributed by atoms with Gasteiger partial charge < -0.3 is 15.3 Å². The summed E-state index contributed by atoms with van der Waals surface area (Å²) in [4.78, 5) is 0. The second kappa shape index (κ2) is 11.0. The Morgan fingerprint density at radius 2 is 1.86 bits per heavy atom. The van der Waals surface area contributed by atoms with Crippen molar-refractivity contribution in [3.05, 3.63) is 65.5 Å². The number of nitrogen functional groups attached to an aromatic ring is 1. The largest absolute Gasteiger partial charge is 0.493 e. The zero-order valence-corrected chi connectivity index (χ0v) is 17.0. The minimum atomic E-state index is 0. The van der Waals surface area contributed by atoms with Crippen LogP contribution < -0.4 is 20.7 Å². The molecule has 3 aromatic rings. The number of aryl methyl sites for hydroxylation is 1. The van der Waals surface area contributed by atoms with Crippen molar-refractivity contribution in [3.8, 4) is 11.5 Å². The maximum absolute atomic E-state index is 5.84. The van der Waals surface area contributed by atoms with Crippen molar-refractivity contribution in [2.24, 2.45) is 5.10 Å². The SMILES string of the molecule is COc1cc(/C=N/Nc2nnc(C)n2N)ccc1OCc1ccccc1.Cl.Cl. The number of nitrogens with one attached hydrogen (secondary N) is 1. The molecule has 0 radical (unpaired) electrons. The fourth-order valence-corrected chi connectivity index (χ4v) is 2.23. The Morgan fingerprint density at radius 1 is 1.11 bits per heavy atom. The first-order chi connectivity index (χ1) is 12.7. The van der Waals surface area contributed by atoms with Crippen LogP contribution in [-0.2, 0) is 6.61 Å². The molecule has 0 aliphatic carbocycles. The van der Waals surface area contributed by atoms with Gasteiger partial charge in [-0.25, -0.2) is 10.1 Å². The maximum Gasteiger partial charge on any atom is 0.263 e. The third-order valence-corrected chi connectivity index (χ3v) is 3.67. The molecular formula is C18H22Cl2N6O2. The standard InChI is InChI=1S/C18H20N6O2.2ClH/c1-13-21-23-18(24(13)19)22-20-11-15-8-9-16(17(10-15)25-2)26-12-14-6-4-3-5-7-14;;/h3-11H,12,19H2,1-2H3,(H,22,23);2*1H/b20-11+;;.